The maximum Gasteiger partial charge on any atom is 0.137 e. The predicted molar refractivity (Wildman–Crippen MR) is 53.8 cm³/mol. The number of rotatable bonds is 5. The SMILES string of the molecule is OCCCCOc1ccc(Br)nc1. The van der Waals surface area contributed by atoms with Gasteiger partial charge in [0.2, 0.25) is 0 Å². The van der Waals surface area contributed by atoms with E-state index in [0.29, 0.717) is 6.61 Å². The quantitative estimate of drug-likeness (QED) is 0.638. The highest BCUT2D eigenvalue weighted by Crippen LogP contribution is 2.12. The van der Waals surface area contributed by atoms with Gasteiger partial charge in [-0.15, -0.1) is 0 Å². The molecule has 0 saturated heterocycles. The van der Waals surface area contributed by atoms with Crippen LogP contribution < -0.4 is 4.74 Å². The summed E-state index contributed by atoms with van der Waals surface area (Å²) in [5.74, 6) is 0.765. The highest BCUT2D eigenvalue weighted by molar-refractivity contribution is 9.10. The van der Waals surface area contributed by atoms with Gasteiger partial charge in [-0.05, 0) is 40.9 Å². The molecule has 0 saturated carbocycles. The standard InChI is InChI=1S/C9H12BrNO2/c10-9-4-3-8(7-11-9)13-6-2-1-5-12/h3-4,7,12H,1-2,5-6H2. The first-order valence-corrected chi connectivity index (χ1v) is 4.97. The monoisotopic (exact) mass is 245 g/mol. The molecule has 1 aromatic rings. The van der Waals surface area contributed by atoms with Crippen molar-refractivity contribution >= 4 is 15.9 Å². The molecule has 13 heavy (non-hydrogen) atoms. The lowest BCUT2D eigenvalue weighted by Crippen LogP contribution is -1.98. The third kappa shape index (κ3) is 4.24. The fourth-order valence-corrected chi connectivity index (χ4v) is 1.09. The van der Waals surface area contributed by atoms with Gasteiger partial charge in [-0.3, -0.25) is 0 Å². The Kier molecular flexibility index (Phi) is 4.78. The van der Waals surface area contributed by atoms with E-state index < -0.39 is 0 Å². The van der Waals surface area contributed by atoms with Crippen molar-refractivity contribution < 1.29 is 9.84 Å². The maximum absolute atomic E-state index is 8.53. The average Bonchev–Trinajstić information content (AvgIpc) is 2.15. The Morgan fingerprint density at radius 1 is 1.38 bits per heavy atom. The summed E-state index contributed by atoms with van der Waals surface area (Å²) in [4.78, 5) is 4.02. The van der Waals surface area contributed by atoms with E-state index in [2.05, 4.69) is 20.9 Å². The number of aromatic nitrogens is 1. The van der Waals surface area contributed by atoms with Crippen LogP contribution >= 0.6 is 15.9 Å². The normalized spacial score (nSPS) is 10.0. The Balaban J connectivity index is 2.25. The third-order valence-corrected chi connectivity index (χ3v) is 1.99. The van der Waals surface area contributed by atoms with Crippen molar-refractivity contribution in [1.29, 1.82) is 0 Å². The van der Waals surface area contributed by atoms with Crippen molar-refractivity contribution in [2.75, 3.05) is 13.2 Å². The van der Waals surface area contributed by atoms with Crippen molar-refractivity contribution in [2.24, 2.45) is 0 Å². The summed E-state index contributed by atoms with van der Waals surface area (Å²) in [7, 11) is 0. The van der Waals surface area contributed by atoms with Crippen LogP contribution in [-0.4, -0.2) is 23.3 Å². The molecule has 0 aromatic carbocycles. The molecule has 0 unspecified atom stereocenters. The van der Waals surface area contributed by atoms with E-state index in [9.17, 15) is 0 Å². The Labute approximate surface area is 85.9 Å². The number of ether oxygens (including phenoxy) is 1. The molecular weight excluding hydrogens is 234 g/mol. The summed E-state index contributed by atoms with van der Waals surface area (Å²) in [6, 6.07) is 3.69. The molecule has 72 valence electrons. The zero-order valence-electron chi connectivity index (χ0n) is 7.24. The van der Waals surface area contributed by atoms with Crippen molar-refractivity contribution in [3.8, 4) is 5.75 Å². The van der Waals surface area contributed by atoms with Gasteiger partial charge in [-0.25, -0.2) is 4.98 Å². The average molecular weight is 246 g/mol. The maximum atomic E-state index is 8.53. The van der Waals surface area contributed by atoms with E-state index in [0.717, 1.165) is 23.2 Å². The summed E-state index contributed by atoms with van der Waals surface area (Å²) in [5.41, 5.74) is 0. The number of nitrogens with zero attached hydrogens (tertiary/aromatic N) is 1. The van der Waals surface area contributed by atoms with Crippen molar-refractivity contribution in [2.45, 2.75) is 12.8 Å². The van der Waals surface area contributed by atoms with Crippen molar-refractivity contribution in [1.82, 2.24) is 4.98 Å². The van der Waals surface area contributed by atoms with Gasteiger partial charge >= 0.3 is 0 Å². The molecule has 1 aromatic heterocycles. The van der Waals surface area contributed by atoms with Gasteiger partial charge in [-0.2, -0.15) is 0 Å². The number of aliphatic hydroxyl groups excluding tert-OH is 1. The van der Waals surface area contributed by atoms with E-state index >= 15 is 0 Å². The van der Waals surface area contributed by atoms with E-state index in [1.54, 1.807) is 6.20 Å². The fraction of sp³-hybridized carbons (Fsp3) is 0.444. The molecule has 0 atom stereocenters. The van der Waals surface area contributed by atoms with Gasteiger partial charge in [-0.1, -0.05) is 0 Å². The molecule has 0 spiro atoms. The Hall–Kier alpha value is -0.610. The third-order valence-electron chi connectivity index (χ3n) is 1.52. The second-order valence-corrected chi connectivity index (χ2v) is 3.41. The van der Waals surface area contributed by atoms with Crippen LogP contribution in [-0.2, 0) is 0 Å². The number of hydrogen-bond donors (Lipinski definition) is 1. The molecular formula is C9H12BrNO2. The Morgan fingerprint density at radius 3 is 2.85 bits per heavy atom. The summed E-state index contributed by atoms with van der Waals surface area (Å²) in [6.07, 6.45) is 3.32. The minimum atomic E-state index is 0.224. The molecule has 0 fully saturated rings. The Bertz CT molecular complexity index is 238. The van der Waals surface area contributed by atoms with Gasteiger partial charge < -0.3 is 9.84 Å². The van der Waals surface area contributed by atoms with Gasteiger partial charge in [0.05, 0.1) is 12.8 Å². The number of hydrogen-bond acceptors (Lipinski definition) is 3. The molecule has 0 radical (unpaired) electrons. The van der Waals surface area contributed by atoms with Crippen LogP contribution in [0.1, 0.15) is 12.8 Å². The van der Waals surface area contributed by atoms with Crippen LogP contribution in [0.3, 0.4) is 0 Å². The first kappa shape index (κ1) is 10.5. The lowest BCUT2D eigenvalue weighted by atomic mass is 10.3. The van der Waals surface area contributed by atoms with Gasteiger partial charge in [0.15, 0.2) is 0 Å². The second kappa shape index (κ2) is 5.94. The molecule has 4 heteroatoms. The highest BCUT2D eigenvalue weighted by atomic mass is 79.9. The topological polar surface area (TPSA) is 42.4 Å². The van der Waals surface area contributed by atoms with Gasteiger partial charge in [0.25, 0.3) is 0 Å². The fourth-order valence-electron chi connectivity index (χ4n) is 0.852. The molecule has 0 amide bonds. The minimum absolute atomic E-state index is 0.224. The molecule has 0 bridgehead atoms. The summed E-state index contributed by atoms with van der Waals surface area (Å²) in [5, 5.41) is 8.53. The molecule has 0 aliphatic carbocycles. The van der Waals surface area contributed by atoms with E-state index in [1.807, 2.05) is 12.1 Å². The predicted octanol–water partition coefficient (Wildman–Crippen LogP) is 2.00. The van der Waals surface area contributed by atoms with E-state index in [4.69, 9.17) is 9.84 Å². The van der Waals surface area contributed by atoms with E-state index in [-0.39, 0.29) is 6.61 Å². The first-order chi connectivity index (χ1) is 6.33. The summed E-state index contributed by atoms with van der Waals surface area (Å²) < 4.78 is 6.17. The summed E-state index contributed by atoms with van der Waals surface area (Å²) in [6.45, 7) is 0.853. The lowest BCUT2D eigenvalue weighted by Gasteiger charge is -2.04. The van der Waals surface area contributed by atoms with Crippen LogP contribution in [0, 0.1) is 0 Å². The number of aliphatic hydroxyl groups is 1. The molecule has 1 heterocycles. The zero-order chi connectivity index (χ0) is 9.52. The van der Waals surface area contributed by atoms with Crippen LogP contribution in [0.2, 0.25) is 0 Å². The number of unbranched alkanes of at least 4 members (excludes halogenated alkanes) is 1. The summed E-state index contributed by atoms with van der Waals surface area (Å²) >= 11 is 3.24. The molecule has 1 rings (SSSR count). The van der Waals surface area contributed by atoms with Crippen LogP contribution in [0.5, 0.6) is 5.75 Å². The van der Waals surface area contributed by atoms with E-state index in [1.165, 1.54) is 0 Å². The number of pyridine rings is 1. The Morgan fingerprint density at radius 2 is 2.23 bits per heavy atom. The molecule has 0 aliphatic rings. The lowest BCUT2D eigenvalue weighted by molar-refractivity contribution is 0.253. The first-order valence-electron chi connectivity index (χ1n) is 4.18. The molecule has 1 N–H and O–H groups in total. The van der Waals surface area contributed by atoms with Crippen molar-refractivity contribution in [3.63, 3.8) is 0 Å². The zero-order valence-corrected chi connectivity index (χ0v) is 8.83. The van der Waals surface area contributed by atoms with Crippen LogP contribution in [0.15, 0.2) is 22.9 Å². The van der Waals surface area contributed by atoms with Crippen molar-refractivity contribution in [3.05, 3.63) is 22.9 Å². The largest absolute Gasteiger partial charge is 0.492 e. The molecule has 3 nitrogen and oxygen atoms in total. The minimum Gasteiger partial charge on any atom is -0.492 e. The van der Waals surface area contributed by atoms with Crippen LogP contribution in [0.4, 0.5) is 0 Å². The molecule has 0 aliphatic heterocycles. The van der Waals surface area contributed by atoms with Crippen LogP contribution in [0.25, 0.3) is 0 Å². The van der Waals surface area contributed by atoms with Gasteiger partial charge in [0, 0.05) is 6.61 Å². The van der Waals surface area contributed by atoms with Gasteiger partial charge in [0.1, 0.15) is 10.4 Å². The number of halogens is 1. The smallest absolute Gasteiger partial charge is 0.137 e. The second-order valence-electron chi connectivity index (χ2n) is 2.60. The highest BCUT2D eigenvalue weighted by Gasteiger charge is 1.93.